The van der Waals surface area contributed by atoms with Crippen molar-refractivity contribution < 1.29 is 4.74 Å². The van der Waals surface area contributed by atoms with Crippen LogP contribution in [0.2, 0.25) is 0 Å². The number of fused-ring (bicyclic) bond motifs is 1. The molecule has 51 valence electrons. The zero-order valence-corrected chi connectivity index (χ0v) is 5.63. The Bertz CT molecular complexity index is 209. The van der Waals surface area contributed by atoms with E-state index in [1.165, 1.54) is 0 Å². The molecule has 0 atom stereocenters. The van der Waals surface area contributed by atoms with Crippen LogP contribution in [0, 0.1) is 6.20 Å². The van der Waals surface area contributed by atoms with E-state index < -0.39 is 0 Å². The van der Waals surface area contributed by atoms with Crippen LogP contribution in [0.15, 0.2) is 12.3 Å². The molecule has 1 radical (unpaired) electrons. The maximum absolute atomic E-state index is 5.35. The molecular weight excluding hydrogens is 126 g/mol. The minimum absolute atomic E-state index is 0.838. The van der Waals surface area contributed by atoms with Crippen molar-refractivity contribution in [3.05, 3.63) is 24.0 Å². The van der Waals surface area contributed by atoms with Gasteiger partial charge in [-0.15, -0.1) is 0 Å². The van der Waals surface area contributed by atoms with E-state index in [2.05, 4.69) is 11.2 Å². The molecule has 2 heterocycles. The van der Waals surface area contributed by atoms with Crippen molar-refractivity contribution in [1.29, 1.82) is 0 Å². The lowest BCUT2D eigenvalue weighted by Gasteiger charge is -2.14. The number of hydrogen-bond donors (Lipinski definition) is 0. The first-order valence-corrected chi connectivity index (χ1v) is 3.45. The van der Waals surface area contributed by atoms with Crippen molar-refractivity contribution in [2.45, 2.75) is 12.8 Å². The van der Waals surface area contributed by atoms with Crippen LogP contribution in [0.25, 0.3) is 0 Å². The molecule has 10 heavy (non-hydrogen) atoms. The molecule has 0 fully saturated rings. The lowest BCUT2D eigenvalue weighted by molar-refractivity contribution is 0.287. The summed E-state index contributed by atoms with van der Waals surface area (Å²) >= 11 is 0. The number of ether oxygens (including phenoxy) is 1. The predicted molar refractivity (Wildman–Crippen MR) is 36.9 cm³/mol. The Labute approximate surface area is 59.9 Å². The molecule has 2 rings (SSSR count). The molecule has 2 nitrogen and oxygen atoms in total. The van der Waals surface area contributed by atoms with E-state index in [9.17, 15) is 0 Å². The smallest absolute Gasteiger partial charge is 0.126 e. The average Bonchev–Trinajstić information content (AvgIpc) is 2.05. The van der Waals surface area contributed by atoms with Gasteiger partial charge in [0.1, 0.15) is 5.75 Å². The third kappa shape index (κ3) is 0.856. The fourth-order valence-corrected chi connectivity index (χ4v) is 1.12. The van der Waals surface area contributed by atoms with Crippen molar-refractivity contribution in [2.24, 2.45) is 0 Å². The van der Waals surface area contributed by atoms with Crippen molar-refractivity contribution in [3.8, 4) is 5.75 Å². The number of pyridine rings is 1. The number of nitrogens with zero attached hydrogens (tertiary/aromatic N) is 1. The van der Waals surface area contributed by atoms with Crippen LogP contribution in [0.3, 0.4) is 0 Å². The molecule has 1 aliphatic heterocycles. The maximum atomic E-state index is 5.35. The van der Waals surface area contributed by atoms with E-state index in [1.807, 2.05) is 6.07 Å². The van der Waals surface area contributed by atoms with Gasteiger partial charge in [0, 0.05) is 11.8 Å². The molecule has 0 amide bonds. The largest absolute Gasteiger partial charge is 0.493 e. The first-order valence-electron chi connectivity index (χ1n) is 3.45. The van der Waals surface area contributed by atoms with E-state index in [4.69, 9.17) is 4.74 Å². The molecule has 0 unspecified atom stereocenters. The fourth-order valence-electron chi connectivity index (χ4n) is 1.12. The third-order valence-corrected chi connectivity index (χ3v) is 1.63. The molecule has 0 saturated carbocycles. The summed E-state index contributed by atoms with van der Waals surface area (Å²) in [4.78, 5) is 3.89. The Morgan fingerprint density at radius 2 is 2.60 bits per heavy atom. The molecule has 1 aliphatic rings. The number of hydrogen-bond acceptors (Lipinski definition) is 2. The second-order valence-corrected chi connectivity index (χ2v) is 2.35. The highest BCUT2D eigenvalue weighted by molar-refractivity contribution is 5.30. The van der Waals surface area contributed by atoms with Gasteiger partial charge in [0.25, 0.3) is 0 Å². The number of aryl methyl sites for hydroxylation is 1. The second kappa shape index (κ2) is 2.29. The molecule has 0 spiro atoms. The Kier molecular flexibility index (Phi) is 1.31. The summed E-state index contributed by atoms with van der Waals surface area (Å²) in [6, 6.07) is 1.89. The van der Waals surface area contributed by atoms with Gasteiger partial charge in [0.2, 0.25) is 0 Å². The van der Waals surface area contributed by atoms with Gasteiger partial charge in [-0.2, -0.15) is 0 Å². The third-order valence-electron chi connectivity index (χ3n) is 1.63. The van der Waals surface area contributed by atoms with Gasteiger partial charge < -0.3 is 4.74 Å². The summed E-state index contributed by atoms with van der Waals surface area (Å²) in [5.74, 6) is 0.959. The lowest BCUT2D eigenvalue weighted by atomic mass is 10.1. The van der Waals surface area contributed by atoms with Gasteiger partial charge in [-0.05, 0) is 18.9 Å². The Morgan fingerprint density at radius 1 is 1.60 bits per heavy atom. The van der Waals surface area contributed by atoms with Gasteiger partial charge >= 0.3 is 0 Å². The van der Waals surface area contributed by atoms with Crippen LogP contribution in [0.1, 0.15) is 12.0 Å². The summed E-state index contributed by atoms with van der Waals surface area (Å²) in [5, 5.41) is 0. The molecule has 0 saturated heterocycles. The minimum Gasteiger partial charge on any atom is -0.493 e. The molecule has 0 aromatic carbocycles. The SMILES string of the molecule is [c]1nccc2c1CCCO2. The van der Waals surface area contributed by atoms with E-state index in [0.29, 0.717) is 0 Å². The zero-order chi connectivity index (χ0) is 6.81. The first-order chi connectivity index (χ1) is 4.97. The van der Waals surface area contributed by atoms with Crippen LogP contribution in [-0.2, 0) is 6.42 Å². The first kappa shape index (κ1) is 5.71. The maximum Gasteiger partial charge on any atom is 0.126 e. The summed E-state index contributed by atoms with van der Waals surface area (Å²) < 4.78 is 5.35. The Hall–Kier alpha value is -1.05. The predicted octanol–water partition coefficient (Wildman–Crippen LogP) is 1.21. The van der Waals surface area contributed by atoms with Crippen LogP contribution in [0.5, 0.6) is 5.75 Å². The topological polar surface area (TPSA) is 22.1 Å². The number of aromatic nitrogens is 1. The highest BCUT2D eigenvalue weighted by Crippen LogP contribution is 2.21. The Morgan fingerprint density at radius 3 is 3.50 bits per heavy atom. The zero-order valence-electron chi connectivity index (χ0n) is 5.63. The van der Waals surface area contributed by atoms with E-state index in [-0.39, 0.29) is 0 Å². The van der Waals surface area contributed by atoms with Crippen molar-refractivity contribution in [3.63, 3.8) is 0 Å². The van der Waals surface area contributed by atoms with E-state index >= 15 is 0 Å². The van der Waals surface area contributed by atoms with Crippen LogP contribution in [-0.4, -0.2) is 11.6 Å². The molecule has 0 bridgehead atoms. The van der Waals surface area contributed by atoms with Crippen molar-refractivity contribution >= 4 is 0 Å². The van der Waals surface area contributed by atoms with Gasteiger partial charge in [0.05, 0.1) is 12.8 Å². The van der Waals surface area contributed by atoms with Gasteiger partial charge in [-0.3, -0.25) is 4.98 Å². The lowest BCUT2D eigenvalue weighted by Crippen LogP contribution is -2.08. The minimum atomic E-state index is 0.838. The monoisotopic (exact) mass is 134 g/mol. The van der Waals surface area contributed by atoms with Gasteiger partial charge in [-0.1, -0.05) is 0 Å². The quantitative estimate of drug-likeness (QED) is 0.532. The normalized spacial score (nSPS) is 15.6. The fraction of sp³-hybridized carbons (Fsp3) is 0.375. The number of rotatable bonds is 0. The van der Waals surface area contributed by atoms with Crippen LogP contribution in [0.4, 0.5) is 0 Å². The van der Waals surface area contributed by atoms with Gasteiger partial charge in [0.15, 0.2) is 0 Å². The molecule has 0 N–H and O–H groups in total. The highest BCUT2D eigenvalue weighted by atomic mass is 16.5. The summed E-state index contributed by atoms with van der Waals surface area (Å²) in [6.07, 6.45) is 6.78. The average molecular weight is 134 g/mol. The Balaban J connectivity index is 2.41. The van der Waals surface area contributed by atoms with E-state index in [1.54, 1.807) is 6.20 Å². The molecule has 1 aromatic rings. The highest BCUT2D eigenvalue weighted by Gasteiger charge is 2.08. The summed E-state index contributed by atoms with van der Waals surface area (Å²) in [5.41, 5.74) is 1.12. The summed E-state index contributed by atoms with van der Waals surface area (Å²) in [6.45, 7) is 0.838. The standard InChI is InChI=1S/C8H8NO/c1-2-7-6-9-4-3-8(7)10-5-1/h3-4H,1-2,5H2. The molecule has 2 heteroatoms. The summed E-state index contributed by atoms with van der Waals surface area (Å²) in [7, 11) is 0. The van der Waals surface area contributed by atoms with Gasteiger partial charge in [-0.25, -0.2) is 0 Å². The molecule has 1 aromatic heterocycles. The van der Waals surface area contributed by atoms with Crippen molar-refractivity contribution in [1.82, 2.24) is 4.98 Å². The van der Waals surface area contributed by atoms with Crippen LogP contribution >= 0.6 is 0 Å². The molecular formula is C8H8NO. The van der Waals surface area contributed by atoms with Crippen molar-refractivity contribution in [2.75, 3.05) is 6.61 Å². The molecule has 0 aliphatic carbocycles. The second-order valence-electron chi connectivity index (χ2n) is 2.35. The van der Waals surface area contributed by atoms with E-state index in [0.717, 1.165) is 30.8 Å². The van der Waals surface area contributed by atoms with Crippen LogP contribution < -0.4 is 4.74 Å².